The van der Waals surface area contributed by atoms with Crippen LogP contribution in [0.1, 0.15) is 22.7 Å². The largest absolute Gasteiger partial charge is 0.494 e. The van der Waals surface area contributed by atoms with Crippen LogP contribution < -0.4 is 10.5 Å². The first kappa shape index (κ1) is 14.5. The van der Waals surface area contributed by atoms with Gasteiger partial charge in [-0.3, -0.25) is 0 Å². The maximum Gasteiger partial charge on any atom is 0.168 e. The standard InChI is InChI=1S/C16H17F2NO/c1-10-6-7-11(8-13(10)17)14(19)9-12-4-3-5-15(20-2)16(12)18/h3-8,14H,9,19H2,1-2H3. The van der Waals surface area contributed by atoms with Crippen molar-refractivity contribution in [2.75, 3.05) is 7.11 Å². The number of halogens is 2. The second-order valence-electron chi connectivity index (χ2n) is 4.75. The van der Waals surface area contributed by atoms with E-state index < -0.39 is 11.9 Å². The Morgan fingerprint density at radius 3 is 2.60 bits per heavy atom. The summed E-state index contributed by atoms with van der Waals surface area (Å²) in [5.41, 5.74) is 7.70. The first-order chi connectivity index (χ1) is 9.52. The van der Waals surface area contributed by atoms with Gasteiger partial charge in [-0.05, 0) is 42.2 Å². The van der Waals surface area contributed by atoms with Gasteiger partial charge in [-0.25, -0.2) is 8.78 Å². The summed E-state index contributed by atoms with van der Waals surface area (Å²) in [6, 6.07) is 9.29. The zero-order valence-electron chi connectivity index (χ0n) is 11.5. The Morgan fingerprint density at radius 1 is 1.20 bits per heavy atom. The summed E-state index contributed by atoms with van der Waals surface area (Å²) in [6.07, 6.45) is 0.283. The second-order valence-corrected chi connectivity index (χ2v) is 4.75. The smallest absolute Gasteiger partial charge is 0.168 e. The molecule has 2 aromatic carbocycles. The fraction of sp³-hybridized carbons (Fsp3) is 0.250. The van der Waals surface area contributed by atoms with Gasteiger partial charge < -0.3 is 10.5 Å². The number of aryl methyl sites for hydroxylation is 1. The molecule has 0 fully saturated rings. The van der Waals surface area contributed by atoms with Gasteiger partial charge in [-0.1, -0.05) is 24.3 Å². The lowest BCUT2D eigenvalue weighted by atomic mass is 9.98. The van der Waals surface area contributed by atoms with Crippen LogP contribution in [0.2, 0.25) is 0 Å². The Kier molecular flexibility index (Phi) is 4.35. The molecule has 0 radical (unpaired) electrons. The quantitative estimate of drug-likeness (QED) is 0.928. The number of nitrogens with two attached hydrogens (primary N) is 1. The molecule has 2 N–H and O–H groups in total. The highest BCUT2D eigenvalue weighted by atomic mass is 19.1. The van der Waals surface area contributed by atoms with Crippen molar-refractivity contribution in [3.63, 3.8) is 0 Å². The predicted molar refractivity (Wildman–Crippen MR) is 74.7 cm³/mol. The third kappa shape index (κ3) is 2.96. The first-order valence-corrected chi connectivity index (χ1v) is 6.36. The summed E-state index contributed by atoms with van der Waals surface area (Å²) in [5.74, 6) is -0.535. The normalized spacial score (nSPS) is 12.2. The van der Waals surface area contributed by atoms with Gasteiger partial charge in [0, 0.05) is 6.04 Å². The maximum absolute atomic E-state index is 14.0. The summed E-state index contributed by atoms with van der Waals surface area (Å²) >= 11 is 0. The molecule has 2 aromatic rings. The van der Waals surface area contributed by atoms with Gasteiger partial charge in [0.25, 0.3) is 0 Å². The molecule has 4 heteroatoms. The molecule has 0 heterocycles. The summed E-state index contributed by atoms with van der Waals surface area (Å²) in [5, 5.41) is 0. The lowest BCUT2D eigenvalue weighted by Crippen LogP contribution is -2.14. The Morgan fingerprint density at radius 2 is 1.95 bits per heavy atom. The molecular weight excluding hydrogens is 260 g/mol. The van der Waals surface area contributed by atoms with E-state index in [0.717, 1.165) is 0 Å². The topological polar surface area (TPSA) is 35.2 Å². The monoisotopic (exact) mass is 277 g/mol. The highest BCUT2D eigenvalue weighted by Gasteiger charge is 2.14. The van der Waals surface area contributed by atoms with Crippen LogP contribution in [-0.2, 0) is 6.42 Å². The molecule has 106 valence electrons. The van der Waals surface area contributed by atoms with Crippen LogP contribution in [0.5, 0.6) is 5.75 Å². The van der Waals surface area contributed by atoms with E-state index in [1.165, 1.54) is 13.2 Å². The molecule has 0 saturated carbocycles. The molecule has 20 heavy (non-hydrogen) atoms. The highest BCUT2D eigenvalue weighted by Crippen LogP contribution is 2.24. The molecule has 1 unspecified atom stereocenters. The van der Waals surface area contributed by atoms with Crippen LogP contribution in [0.3, 0.4) is 0 Å². The lowest BCUT2D eigenvalue weighted by Gasteiger charge is -2.14. The van der Waals surface area contributed by atoms with E-state index in [4.69, 9.17) is 10.5 Å². The van der Waals surface area contributed by atoms with Gasteiger partial charge in [0.1, 0.15) is 5.82 Å². The van der Waals surface area contributed by atoms with E-state index in [-0.39, 0.29) is 18.0 Å². The SMILES string of the molecule is COc1cccc(CC(N)c2ccc(C)c(F)c2)c1F. The van der Waals surface area contributed by atoms with Gasteiger partial charge in [-0.15, -0.1) is 0 Å². The molecule has 0 aliphatic rings. The summed E-state index contributed by atoms with van der Waals surface area (Å²) in [6.45, 7) is 1.69. The minimum Gasteiger partial charge on any atom is -0.494 e. The van der Waals surface area contributed by atoms with Crippen molar-refractivity contribution in [3.05, 3.63) is 64.7 Å². The highest BCUT2D eigenvalue weighted by molar-refractivity contribution is 5.33. The number of rotatable bonds is 4. The Labute approximate surface area is 117 Å². The molecule has 2 rings (SSSR count). The predicted octanol–water partition coefficient (Wildman–Crippen LogP) is 3.52. The van der Waals surface area contributed by atoms with Crippen molar-refractivity contribution in [2.24, 2.45) is 5.73 Å². The zero-order valence-corrected chi connectivity index (χ0v) is 11.5. The molecule has 0 amide bonds. The fourth-order valence-electron chi connectivity index (χ4n) is 2.07. The van der Waals surface area contributed by atoms with Crippen LogP contribution in [0.25, 0.3) is 0 Å². The summed E-state index contributed by atoms with van der Waals surface area (Å²) in [4.78, 5) is 0. The minimum atomic E-state index is -0.466. The van der Waals surface area contributed by atoms with Crippen molar-refractivity contribution in [1.82, 2.24) is 0 Å². The molecule has 1 atom stereocenters. The molecule has 0 aromatic heterocycles. The van der Waals surface area contributed by atoms with Crippen LogP contribution in [0.4, 0.5) is 8.78 Å². The average Bonchev–Trinajstić information content (AvgIpc) is 2.44. The van der Waals surface area contributed by atoms with Crippen LogP contribution >= 0.6 is 0 Å². The van der Waals surface area contributed by atoms with Gasteiger partial charge in [-0.2, -0.15) is 0 Å². The Balaban J connectivity index is 2.23. The molecule has 2 nitrogen and oxygen atoms in total. The first-order valence-electron chi connectivity index (χ1n) is 6.36. The molecule has 0 bridgehead atoms. The van der Waals surface area contributed by atoms with Gasteiger partial charge in [0.15, 0.2) is 11.6 Å². The number of hydrogen-bond acceptors (Lipinski definition) is 2. The van der Waals surface area contributed by atoms with Crippen molar-refractivity contribution in [1.29, 1.82) is 0 Å². The number of methoxy groups -OCH3 is 1. The van der Waals surface area contributed by atoms with E-state index in [1.54, 1.807) is 37.3 Å². The molecule has 0 aliphatic heterocycles. The van der Waals surface area contributed by atoms with Gasteiger partial charge >= 0.3 is 0 Å². The van der Waals surface area contributed by atoms with E-state index in [9.17, 15) is 8.78 Å². The fourth-order valence-corrected chi connectivity index (χ4v) is 2.07. The van der Waals surface area contributed by atoms with Gasteiger partial charge in [0.05, 0.1) is 7.11 Å². The maximum atomic E-state index is 14.0. The second kappa shape index (κ2) is 6.01. The molecule has 0 saturated heterocycles. The van der Waals surface area contributed by atoms with Crippen molar-refractivity contribution >= 4 is 0 Å². The van der Waals surface area contributed by atoms with Crippen molar-refractivity contribution < 1.29 is 13.5 Å². The van der Waals surface area contributed by atoms with E-state index in [1.807, 2.05) is 0 Å². The van der Waals surface area contributed by atoms with E-state index >= 15 is 0 Å². The van der Waals surface area contributed by atoms with Crippen LogP contribution in [0.15, 0.2) is 36.4 Å². The van der Waals surface area contributed by atoms with Crippen molar-refractivity contribution in [2.45, 2.75) is 19.4 Å². The third-order valence-corrected chi connectivity index (χ3v) is 3.33. The minimum absolute atomic E-state index is 0.185. The Bertz CT molecular complexity index is 613. The average molecular weight is 277 g/mol. The molecule has 0 aliphatic carbocycles. The van der Waals surface area contributed by atoms with Crippen LogP contribution in [0, 0.1) is 18.6 Å². The van der Waals surface area contributed by atoms with E-state index in [0.29, 0.717) is 16.7 Å². The summed E-state index contributed by atoms with van der Waals surface area (Å²) in [7, 11) is 1.41. The lowest BCUT2D eigenvalue weighted by molar-refractivity contribution is 0.383. The molecular formula is C16H17F2NO. The summed E-state index contributed by atoms with van der Waals surface area (Å²) < 4.78 is 32.5. The van der Waals surface area contributed by atoms with E-state index in [2.05, 4.69) is 0 Å². The number of ether oxygens (including phenoxy) is 1. The van der Waals surface area contributed by atoms with Gasteiger partial charge in [0.2, 0.25) is 0 Å². The Hall–Kier alpha value is -1.94. The van der Waals surface area contributed by atoms with Crippen molar-refractivity contribution in [3.8, 4) is 5.75 Å². The molecule has 0 spiro atoms. The number of hydrogen-bond donors (Lipinski definition) is 1. The number of benzene rings is 2. The van der Waals surface area contributed by atoms with Crippen LogP contribution in [-0.4, -0.2) is 7.11 Å². The third-order valence-electron chi connectivity index (χ3n) is 3.33. The zero-order chi connectivity index (χ0) is 14.7.